The van der Waals surface area contributed by atoms with Crippen molar-refractivity contribution in [3.63, 3.8) is 0 Å². The van der Waals surface area contributed by atoms with Crippen LogP contribution < -0.4 is 19.8 Å². The molecule has 24 heavy (non-hydrogen) atoms. The van der Waals surface area contributed by atoms with Gasteiger partial charge in [0.1, 0.15) is 23.5 Å². The monoisotopic (exact) mass is 333 g/mol. The third-order valence-electron chi connectivity index (χ3n) is 3.95. The lowest BCUT2D eigenvalue weighted by atomic mass is 9.99. The van der Waals surface area contributed by atoms with Crippen molar-refractivity contribution in [2.24, 2.45) is 11.0 Å². The summed E-state index contributed by atoms with van der Waals surface area (Å²) in [4.78, 5) is 38.1. The van der Waals surface area contributed by atoms with Crippen molar-refractivity contribution in [3.8, 4) is 11.5 Å². The van der Waals surface area contributed by atoms with Gasteiger partial charge < -0.3 is 14.2 Å². The van der Waals surface area contributed by atoms with Crippen LogP contribution in [0.1, 0.15) is 0 Å². The minimum Gasteiger partial charge on any atom is -0.497 e. The highest BCUT2D eigenvalue weighted by Gasteiger charge is 2.56. The number of esters is 1. The van der Waals surface area contributed by atoms with Crippen LogP contribution in [-0.4, -0.2) is 50.9 Å². The van der Waals surface area contributed by atoms with Gasteiger partial charge in [0.05, 0.1) is 27.0 Å². The molecular weight excluding hydrogens is 318 g/mol. The maximum atomic E-state index is 12.7. The average molecular weight is 333 g/mol. The molecule has 2 heterocycles. The van der Waals surface area contributed by atoms with E-state index in [1.54, 1.807) is 18.2 Å². The fourth-order valence-corrected chi connectivity index (χ4v) is 2.77. The Morgan fingerprint density at radius 1 is 1.17 bits per heavy atom. The number of carbonyl (C=O) groups is 3. The van der Waals surface area contributed by atoms with Crippen molar-refractivity contribution < 1.29 is 28.6 Å². The van der Waals surface area contributed by atoms with Crippen LogP contribution in [0.4, 0.5) is 5.69 Å². The first-order valence-electron chi connectivity index (χ1n) is 7.04. The Labute approximate surface area is 137 Å². The van der Waals surface area contributed by atoms with Crippen LogP contribution in [-0.2, 0) is 19.1 Å². The molecule has 3 rings (SSSR count). The second-order valence-corrected chi connectivity index (χ2v) is 5.12. The molecule has 0 unspecified atom stereocenters. The molecule has 1 aromatic carbocycles. The molecule has 0 aromatic heterocycles. The molecule has 0 saturated carbocycles. The third-order valence-corrected chi connectivity index (χ3v) is 3.95. The number of carbonyl (C=O) groups excluding carboxylic acids is 3. The van der Waals surface area contributed by atoms with E-state index < -0.39 is 29.7 Å². The summed E-state index contributed by atoms with van der Waals surface area (Å²) < 4.78 is 15.0. The molecule has 2 aliphatic heterocycles. The number of rotatable bonds is 4. The van der Waals surface area contributed by atoms with E-state index in [4.69, 9.17) is 9.47 Å². The van der Waals surface area contributed by atoms with Crippen LogP contribution >= 0.6 is 0 Å². The van der Waals surface area contributed by atoms with Gasteiger partial charge in [-0.2, -0.15) is 5.10 Å². The number of anilines is 1. The maximum absolute atomic E-state index is 12.7. The Balaban J connectivity index is 2.00. The Morgan fingerprint density at radius 2 is 1.92 bits per heavy atom. The molecule has 1 fully saturated rings. The number of imide groups is 1. The molecule has 126 valence electrons. The molecule has 9 nitrogen and oxygen atoms in total. The SMILES string of the molecule is COC(=O)C1=NN[C@@H]2C(=O)N(c3ccc(OC)cc3OC)C(=O)[C@@H]12. The largest absolute Gasteiger partial charge is 0.497 e. The van der Waals surface area contributed by atoms with E-state index in [0.717, 1.165) is 4.90 Å². The fraction of sp³-hybridized carbons (Fsp3) is 0.333. The first kappa shape index (κ1) is 15.8. The Hall–Kier alpha value is -3.10. The van der Waals surface area contributed by atoms with E-state index in [1.807, 2.05) is 0 Å². The Morgan fingerprint density at radius 3 is 2.54 bits per heavy atom. The van der Waals surface area contributed by atoms with Gasteiger partial charge in [-0.1, -0.05) is 0 Å². The van der Waals surface area contributed by atoms with E-state index in [0.29, 0.717) is 11.5 Å². The van der Waals surface area contributed by atoms with Crippen LogP contribution in [0.5, 0.6) is 11.5 Å². The van der Waals surface area contributed by atoms with Gasteiger partial charge in [-0.25, -0.2) is 9.69 Å². The number of hydrazone groups is 1. The molecule has 2 aliphatic rings. The number of ether oxygens (including phenoxy) is 3. The smallest absolute Gasteiger partial charge is 0.355 e. The van der Waals surface area contributed by atoms with E-state index in [-0.39, 0.29) is 11.4 Å². The molecule has 2 amide bonds. The number of hydrogen-bond donors (Lipinski definition) is 1. The number of hydrogen-bond acceptors (Lipinski definition) is 8. The van der Waals surface area contributed by atoms with E-state index in [2.05, 4.69) is 15.3 Å². The Bertz CT molecular complexity index is 760. The van der Waals surface area contributed by atoms with Crippen LogP contribution in [0.15, 0.2) is 23.3 Å². The van der Waals surface area contributed by atoms with Gasteiger partial charge >= 0.3 is 5.97 Å². The number of nitrogens with zero attached hydrogens (tertiary/aromatic N) is 2. The van der Waals surface area contributed by atoms with Crippen LogP contribution in [0, 0.1) is 5.92 Å². The maximum Gasteiger partial charge on any atom is 0.355 e. The zero-order chi connectivity index (χ0) is 17.4. The summed E-state index contributed by atoms with van der Waals surface area (Å²) in [5.74, 6) is -2.03. The van der Waals surface area contributed by atoms with Crippen molar-refractivity contribution in [1.82, 2.24) is 5.43 Å². The normalized spacial score (nSPS) is 22.0. The minimum atomic E-state index is -1.02. The molecule has 1 aromatic rings. The number of benzene rings is 1. The molecule has 9 heteroatoms. The molecule has 1 saturated heterocycles. The number of fused-ring (bicyclic) bond motifs is 1. The number of methoxy groups -OCH3 is 3. The van der Waals surface area contributed by atoms with Crippen molar-refractivity contribution in [1.29, 1.82) is 0 Å². The van der Waals surface area contributed by atoms with Crippen LogP contribution in [0.3, 0.4) is 0 Å². The molecular formula is C15H15N3O6. The van der Waals surface area contributed by atoms with Crippen molar-refractivity contribution in [2.75, 3.05) is 26.2 Å². The topological polar surface area (TPSA) is 107 Å². The second kappa shape index (κ2) is 5.84. The summed E-state index contributed by atoms with van der Waals surface area (Å²) in [7, 11) is 4.10. The highest BCUT2D eigenvalue weighted by molar-refractivity contribution is 6.46. The van der Waals surface area contributed by atoms with Gasteiger partial charge in [-0.05, 0) is 12.1 Å². The second-order valence-electron chi connectivity index (χ2n) is 5.12. The lowest BCUT2D eigenvalue weighted by Crippen LogP contribution is -2.36. The standard InChI is InChI=1S/C15H15N3O6/c1-22-7-4-5-8(9(6-7)23-2)18-13(19)10-11(14(18)20)16-17-12(10)15(21)24-3/h4-6,10-11,16H,1-3H3/t10-,11+/m1/s1. The van der Waals surface area contributed by atoms with Crippen molar-refractivity contribution in [2.45, 2.75) is 6.04 Å². The fourth-order valence-electron chi connectivity index (χ4n) is 2.77. The van der Waals surface area contributed by atoms with Gasteiger partial charge in [-0.3, -0.25) is 15.0 Å². The first-order valence-corrected chi connectivity index (χ1v) is 7.04. The summed E-state index contributed by atoms with van der Waals surface area (Å²) in [5, 5.41) is 3.76. The molecule has 0 aliphatic carbocycles. The van der Waals surface area contributed by atoms with Gasteiger partial charge in [-0.15, -0.1) is 0 Å². The number of amides is 2. The van der Waals surface area contributed by atoms with Crippen molar-refractivity contribution >= 4 is 29.2 Å². The quantitative estimate of drug-likeness (QED) is 0.595. The van der Waals surface area contributed by atoms with Gasteiger partial charge in [0.2, 0.25) is 5.91 Å². The third kappa shape index (κ3) is 2.16. The zero-order valence-electron chi connectivity index (χ0n) is 13.2. The van der Waals surface area contributed by atoms with Gasteiger partial charge in [0, 0.05) is 6.07 Å². The molecule has 2 atom stereocenters. The van der Waals surface area contributed by atoms with Gasteiger partial charge in [0.25, 0.3) is 5.91 Å². The van der Waals surface area contributed by atoms with Crippen LogP contribution in [0.25, 0.3) is 0 Å². The summed E-state index contributed by atoms with van der Waals surface area (Å²) in [6.07, 6.45) is 0. The van der Waals surface area contributed by atoms with Crippen LogP contribution in [0.2, 0.25) is 0 Å². The zero-order valence-corrected chi connectivity index (χ0v) is 13.2. The highest BCUT2D eigenvalue weighted by Crippen LogP contribution is 2.37. The molecule has 0 spiro atoms. The van der Waals surface area contributed by atoms with E-state index >= 15 is 0 Å². The van der Waals surface area contributed by atoms with Gasteiger partial charge in [0.15, 0.2) is 5.71 Å². The summed E-state index contributed by atoms with van der Waals surface area (Å²) in [6.45, 7) is 0. The molecule has 1 N–H and O–H groups in total. The lowest BCUT2D eigenvalue weighted by Gasteiger charge is -2.19. The minimum absolute atomic E-state index is 0.115. The average Bonchev–Trinajstić information content (AvgIpc) is 3.14. The van der Waals surface area contributed by atoms with Crippen molar-refractivity contribution in [3.05, 3.63) is 18.2 Å². The summed E-state index contributed by atoms with van der Waals surface area (Å²) in [5.41, 5.74) is 2.69. The van der Waals surface area contributed by atoms with E-state index in [9.17, 15) is 14.4 Å². The number of nitrogens with one attached hydrogen (secondary N) is 1. The summed E-state index contributed by atoms with van der Waals surface area (Å²) >= 11 is 0. The highest BCUT2D eigenvalue weighted by atomic mass is 16.5. The molecule has 0 radical (unpaired) electrons. The van der Waals surface area contributed by atoms with E-state index in [1.165, 1.54) is 21.3 Å². The lowest BCUT2D eigenvalue weighted by molar-refractivity contribution is -0.133. The summed E-state index contributed by atoms with van der Waals surface area (Å²) in [6, 6.07) is 3.78. The first-order chi connectivity index (χ1) is 11.5. The predicted molar refractivity (Wildman–Crippen MR) is 81.9 cm³/mol. The molecule has 0 bridgehead atoms. The predicted octanol–water partition coefficient (Wildman–Crippen LogP) is -0.306. The Kier molecular flexibility index (Phi) is 3.84.